The van der Waals surface area contributed by atoms with E-state index in [2.05, 4.69) is 45.7 Å². The zero-order chi connectivity index (χ0) is 28.6. The quantitative estimate of drug-likeness (QED) is 0.243. The number of benzene rings is 3. The predicted octanol–water partition coefficient (Wildman–Crippen LogP) is 6.29. The van der Waals surface area contributed by atoms with Gasteiger partial charge in [0.05, 0.1) is 32.9 Å². The van der Waals surface area contributed by atoms with E-state index < -0.39 is 12.0 Å². The van der Waals surface area contributed by atoms with Gasteiger partial charge in [-0.15, -0.1) is 0 Å². The van der Waals surface area contributed by atoms with Crippen molar-refractivity contribution in [3.63, 3.8) is 0 Å². The van der Waals surface area contributed by atoms with Crippen LogP contribution in [0.4, 0.5) is 0 Å². The van der Waals surface area contributed by atoms with Gasteiger partial charge in [0.15, 0.2) is 4.80 Å². The fourth-order valence-corrected chi connectivity index (χ4v) is 6.91. The van der Waals surface area contributed by atoms with Crippen LogP contribution in [-0.4, -0.2) is 22.2 Å². The fraction of sp³-hybridized carbons (Fsp3) is 0.194. The highest BCUT2D eigenvalue weighted by Gasteiger charge is 2.35. The van der Waals surface area contributed by atoms with E-state index in [1.54, 1.807) is 29.7 Å². The van der Waals surface area contributed by atoms with Crippen LogP contribution in [0.1, 0.15) is 55.0 Å². The van der Waals surface area contributed by atoms with E-state index in [4.69, 9.17) is 9.73 Å². The molecule has 1 atom stereocenters. The molecule has 2 heterocycles. The smallest absolute Gasteiger partial charge is 0.338 e. The lowest BCUT2D eigenvalue weighted by Crippen LogP contribution is -2.40. The second-order valence-electron chi connectivity index (χ2n) is 9.58. The maximum atomic E-state index is 14.0. The topological polar surface area (TPSA) is 80.9 Å². The Balaban J connectivity index is 1.83. The summed E-state index contributed by atoms with van der Waals surface area (Å²) in [5, 5.41) is 10.6. The van der Waals surface area contributed by atoms with Gasteiger partial charge in [0, 0.05) is 15.6 Å². The monoisotopic (exact) mass is 680 g/mol. The number of rotatable bonds is 6. The van der Waals surface area contributed by atoms with Gasteiger partial charge in [0.1, 0.15) is 5.75 Å². The van der Waals surface area contributed by atoms with Gasteiger partial charge >= 0.3 is 5.97 Å². The van der Waals surface area contributed by atoms with E-state index in [0.29, 0.717) is 36.6 Å². The molecule has 40 heavy (non-hydrogen) atoms. The zero-order valence-electron chi connectivity index (χ0n) is 22.0. The summed E-state index contributed by atoms with van der Waals surface area (Å²) < 4.78 is 8.71. The fourth-order valence-electron chi connectivity index (χ4n) is 4.66. The summed E-state index contributed by atoms with van der Waals surface area (Å²) in [4.78, 5) is 32.9. The number of fused-ring (bicyclic) bond motifs is 1. The molecule has 6 nitrogen and oxygen atoms in total. The predicted molar refractivity (Wildman–Crippen MR) is 165 cm³/mol. The minimum Gasteiger partial charge on any atom is -0.506 e. The summed E-state index contributed by atoms with van der Waals surface area (Å²) in [7, 11) is 0. The van der Waals surface area contributed by atoms with Gasteiger partial charge in [0.2, 0.25) is 0 Å². The number of nitrogens with zero attached hydrogens (tertiary/aromatic N) is 2. The molecule has 0 bridgehead atoms. The number of carbonyl (C=O) groups is 1. The van der Waals surface area contributed by atoms with Crippen LogP contribution >= 0.6 is 43.2 Å². The number of carbonyl (C=O) groups excluding carboxylic acids is 1. The molecule has 3 aromatic carbocycles. The van der Waals surface area contributed by atoms with E-state index in [9.17, 15) is 14.7 Å². The molecule has 5 rings (SSSR count). The summed E-state index contributed by atoms with van der Waals surface area (Å²) in [5.74, 6) is -0.175. The lowest BCUT2D eigenvalue weighted by molar-refractivity contribution is -0.138. The number of aromatic nitrogens is 1. The molecule has 0 radical (unpaired) electrons. The van der Waals surface area contributed by atoms with Crippen LogP contribution in [0.15, 0.2) is 91.0 Å². The number of halogens is 2. The van der Waals surface area contributed by atoms with Crippen LogP contribution in [0.25, 0.3) is 11.8 Å². The molecular formula is C31H26Br2N2O4S. The van der Waals surface area contributed by atoms with Crippen LogP contribution in [-0.2, 0) is 9.53 Å². The Morgan fingerprint density at radius 3 is 2.48 bits per heavy atom. The van der Waals surface area contributed by atoms with Gasteiger partial charge in [-0.05, 0) is 58.1 Å². The molecule has 4 aromatic rings. The standard InChI is InChI=1S/C31H26Br2N2O4S/c1-4-39-30(38)25-26(19-8-6-5-7-9-19)34-31-35(27(25)20-12-10-18(11-13-20)17(2)3)29(37)24(40-31)15-21-14-22(32)16-23(33)28(21)36/h5-17,27,36H,4H2,1-3H3/b24-15-/t27-/m0/s1. The van der Waals surface area contributed by atoms with E-state index in [-0.39, 0.29) is 17.9 Å². The molecule has 1 aromatic heterocycles. The first-order chi connectivity index (χ1) is 19.2. The van der Waals surface area contributed by atoms with Crippen LogP contribution < -0.4 is 14.9 Å². The Morgan fingerprint density at radius 2 is 1.82 bits per heavy atom. The number of phenolic OH excluding ortho intramolecular Hbond substituents is 1. The van der Waals surface area contributed by atoms with Crippen molar-refractivity contribution in [2.75, 3.05) is 6.61 Å². The minimum atomic E-state index is -0.753. The van der Waals surface area contributed by atoms with E-state index in [0.717, 1.165) is 21.2 Å². The van der Waals surface area contributed by atoms with Crippen molar-refractivity contribution in [2.45, 2.75) is 32.7 Å². The van der Waals surface area contributed by atoms with Gasteiger partial charge in [-0.25, -0.2) is 9.79 Å². The first-order valence-corrected chi connectivity index (χ1v) is 15.2. The second kappa shape index (κ2) is 11.7. The van der Waals surface area contributed by atoms with Gasteiger partial charge < -0.3 is 9.84 Å². The normalized spacial score (nSPS) is 15.2. The van der Waals surface area contributed by atoms with Crippen molar-refractivity contribution < 1.29 is 14.6 Å². The molecule has 9 heteroatoms. The number of hydrogen-bond acceptors (Lipinski definition) is 6. The Hall–Kier alpha value is -3.27. The number of aromatic hydroxyl groups is 1. The average molecular weight is 682 g/mol. The van der Waals surface area contributed by atoms with Gasteiger partial charge in [-0.3, -0.25) is 9.36 Å². The number of phenols is 1. The second-order valence-corrected chi connectivity index (χ2v) is 12.4. The molecule has 1 aliphatic heterocycles. The summed E-state index contributed by atoms with van der Waals surface area (Å²) in [6.07, 6.45) is 1.64. The highest BCUT2D eigenvalue weighted by atomic mass is 79.9. The molecule has 0 fully saturated rings. The lowest BCUT2D eigenvalue weighted by Gasteiger charge is -2.26. The molecule has 0 spiro atoms. The third-order valence-corrected chi connectivity index (χ3v) is 8.68. The van der Waals surface area contributed by atoms with Crippen molar-refractivity contribution in [2.24, 2.45) is 4.99 Å². The largest absolute Gasteiger partial charge is 0.506 e. The maximum Gasteiger partial charge on any atom is 0.338 e. The van der Waals surface area contributed by atoms with Crippen LogP contribution in [0.3, 0.4) is 0 Å². The molecular weight excluding hydrogens is 656 g/mol. The third kappa shape index (κ3) is 5.38. The van der Waals surface area contributed by atoms with Crippen LogP contribution in [0, 0.1) is 0 Å². The average Bonchev–Trinajstić information content (AvgIpc) is 3.25. The van der Waals surface area contributed by atoms with Crippen molar-refractivity contribution in [1.82, 2.24) is 4.57 Å². The molecule has 1 N–H and O–H groups in total. The number of hydrogen-bond donors (Lipinski definition) is 1. The summed E-state index contributed by atoms with van der Waals surface area (Å²) in [5.41, 5.74) is 3.60. The Bertz CT molecular complexity index is 1810. The number of ether oxygens (including phenoxy) is 1. The number of esters is 1. The summed E-state index contributed by atoms with van der Waals surface area (Å²) in [6, 6.07) is 20.1. The minimum absolute atomic E-state index is 0.0204. The highest BCUT2D eigenvalue weighted by Crippen LogP contribution is 2.36. The van der Waals surface area contributed by atoms with E-state index in [1.807, 2.05) is 54.6 Å². The Kier molecular flexibility index (Phi) is 8.26. The van der Waals surface area contributed by atoms with E-state index in [1.165, 1.54) is 11.3 Å². The van der Waals surface area contributed by atoms with Crippen LogP contribution in [0.5, 0.6) is 5.75 Å². The maximum absolute atomic E-state index is 14.0. The summed E-state index contributed by atoms with van der Waals surface area (Å²) >= 11 is 8.01. The van der Waals surface area contributed by atoms with Gasteiger partial charge in [-0.1, -0.05) is 95.7 Å². The van der Waals surface area contributed by atoms with Gasteiger partial charge in [-0.2, -0.15) is 0 Å². The summed E-state index contributed by atoms with van der Waals surface area (Å²) in [6.45, 7) is 6.17. The van der Waals surface area contributed by atoms with Gasteiger partial charge in [0.25, 0.3) is 5.56 Å². The molecule has 0 saturated heterocycles. The van der Waals surface area contributed by atoms with Crippen molar-refractivity contribution >= 4 is 60.9 Å². The van der Waals surface area contributed by atoms with Crippen molar-refractivity contribution in [1.29, 1.82) is 0 Å². The molecule has 0 unspecified atom stereocenters. The van der Waals surface area contributed by atoms with Crippen LogP contribution in [0.2, 0.25) is 0 Å². The molecule has 0 aliphatic carbocycles. The Morgan fingerprint density at radius 1 is 1.12 bits per heavy atom. The lowest BCUT2D eigenvalue weighted by atomic mass is 9.91. The first-order valence-electron chi connectivity index (χ1n) is 12.8. The molecule has 0 amide bonds. The molecule has 0 saturated carbocycles. The third-order valence-electron chi connectivity index (χ3n) is 6.64. The van der Waals surface area contributed by atoms with E-state index >= 15 is 0 Å². The first kappa shape index (κ1) is 28.3. The van der Waals surface area contributed by atoms with Crippen molar-refractivity contribution in [3.8, 4) is 5.75 Å². The molecule has 204 valence electrons. The highest BCUT2D eigenvalue weighted by molar-refractivity contribution is 9.11. The Labute approximate surface area is 252 Å². The van der Waals surface area contributed by atoms with Crippen molar-refractivity contribution in [3.05, 3.63) is 123 Å². The molecule has 1 aliphatic rings. The SMILES string of the molecule is CCOC(=O)C1=C(c2ccccc2)N=c2s/c(=C\c3cc(Br)cc(Br)c3O)c(=O)n2[C@H]1c1ccc(C(C)C)cc1. The number of thiazole rings is 1. The zero-order valence-corrected chi connectivity index (χ0v) is 26.0.